The Morgan fingerprint density at radius 2 is 2.36 bits per heavy atom. The number of nitrogens with one attached hydrogen (secondary N) is 1. The molecule has 1 aromatic rings. The molecule has 4 nitrogen and oxygen atoms in total. The highest BCUT2D eigenvalue weighted by atomic mass is 15.3. The first-order chi connectivity index (χ1) is 6.70. The third kappa shape index (κ3) is 2.07. The molecular weight excluding hydrogens is 176 g/mol. The highest BCUT2D eigenvalue weighted by Gasteiger charge is 2.10. The lowest BCUT2D eigenvalue weighted by molar-refractivity contribution is 0.747. The monoisotopic (exact) mass is 194 g/mol. The maximum atomic E-state index is 5.93. The highest BCUT2D eigenvalue weighted by Crippen LogP contribution is 2.21. The lowest BCUT2D eigenvalue weighted by Crippen LogP contribution is -2.07. The third-order valence-corrected chi connectivity index (χ3v) is 2.14. The van der Waals surface area contributed by atoms with Crippen molar-refractivity contribution in [2.75, 3.05) is 17.6 Å². The summed E-state index contributed by atoms with van der Waals surface area (Å²) in [5.74, 6) is 0.906. The van der Waals surface area contributed by atoms with Crippen LogP contribution in [0.2, 0.25) is 0 Å². The van der Waals surface area contributed by atoms with Crippen LogP contribution in [0.1, 0.15) is 19.0 Å². The zero-order valence-corrected chi connectivity index (χ0v) is 8.88. The molecule has 0 saturated heterocycles. The van der Waals surface area contributed by atoms with Gasteiger partial charge in [0.25, 0.3) is 0 Å². The molecule has 0 aliphatic heterocycles. The van der Waals surface area contributed by atoms with E-state index in [0.717, 1.165) is 36.6 Å². The standard InChI is InChI=1S/C10H18N4/c1-4-6-7-12-10-9(11)8(5-2)13-14(10)3/h4,12H,1,5-7,11H2,2-3H3. The second-order valence-corrected chi connectivity index (χ2v) is 3.19. The van der Waals surface area contributed by atoms with E-state index in [1.807, 2.05) is 20.0 Å². The van der Waals surface area contributed by atoms with Gasteiger partial charge >= 0.3 is 0 Å². The number of aromatic nitrogens is 2. The highest BCUT2D eigenvalue weighted by molar-refractivity contribution is 5.64. The van der Waals surface area contributed by atoms with Crippen LogP contribution in [0.4, 0.5) is 11.5 Å². The van der Waals surface area contributed by atoms with Crippen molar-refractivity contribution in [1.82, 2.24) is 9.78 Å². The lowest BCUT2D eigenvalue weighted by atomic mass is 10.3. The maximum Gasteiger partial charge on any atom is 0.147 e. The molecule has 3 N–H and O–H groups in total. The minimum Gasteiger partial charge on any atom is -0.394 e. The number of hydrogen-bond donors (Lipinski definition) is 2. The first-order valence-corrected chi connectivity index (χ1v) is 4.86. The van der Waals surface area contributed by atoms with Crippen molar-refractivity contribution >= 4 is 11.5 Å². The maximum absolute atomic E-state index is 5.93. The van der Waals surface area contributed by atoms with Gasteiger partial charge in [-0.15, -0.1) is 6.58 Å². The predicted molar refractivity (Wildman–Crippen MR) is 60.3 cm³/mol. The molecule has 0 saturated carbocycles. The number of anilines is 2. The van der Waals surface area contributed by atoms with Crippen LogP contribution < -0.4 is 11.1 Å². The SMILES string of the molecule is C=CCCNc1c(N)c(CC)nn1C. The van der Waals surface area contributed by atoms with Crippen LogP contribution in [-0.2, 0) is 13.5 Å². The van der Waals surface area contributed by atoms with E-state index in [0.29, 0.717) is 0 Å². The Morgan fingerprint density at radius 1 is 1.64 bits per heavy atom. The molecule has 0 amide bonds. The van der Waals surface area contributed by atoms with Crippen LogP contribution in [0.15, 0.2) is 12.7 Å². The van der Waals surface area contributed by atoms with E-state index in [1.165, 1.54) is 0 Å². The summed E-state index contributed by atoms with van der Waals surface area (Å²) in [7, 11) is 1.89. The summed E-state index contributed by atoms with van der Waals surface area (Å²) in [5, 5.41) is 7.55. The molecule has 0 atom stereocenters. The van der Waals surface area contributed by atoms with Crippen molar-refractivity contribution in [1.29, 1.82) is 0 Å². The second-order valence-electron chi connectivity index (χ2n) is 3.19. The topological polar surface area (TPSA) is 55.9 Å². The second kappa shape index (κ2) is 4.69. The molecule has 1 aromatic heterocycles. The molecule has 14 heavy (non-hydrogen) atoms. The van der Waals surface area contributed by atoms with Gasteiger partial charge in [-0.2, -0.15) is 5.10 Å². The largest absolute Gasteiger partial charge is 0.394 e. The quantitative estimate of drug-likeness (QED) is 0.552. The molecule has 0 aliphatic rings. The van der Waals surface area contributed by atoms with Crippen LogP contribution in [0.3, 0.4) is 0 Å². The summed E-state index contributed by atoms with van der Waals surface area (Å²) < 4.78 is 1.79. The van der Waals surface area contributed by atoms with Crippen molar-refractivity contribution in [3.8, 4) is 0 Å². The Kier molecular flexibility index (Phi) is 3.56. The summed E-state index contributed by atoms with van der Waals surface area (Å²) >= 11 is 0. The number of nitrogens with two attached hydrogens (primary N) is 1. The lowest BCUT2D eigenvalue weighted by Gasteiger charge is -2.05. The first kappa shape index (κ1) is 10.6. The number of hydrogen-bond acceptors (Lipinski definition) is 3. The molecule has 0 spiro atoms. The smallest absolute Gasteiger partial charge is 0.147 e. The normalized spacial score (nSPS) is 10.1. The van der Waals surface area contributed by atoms with Gasteiger partial charge in [0.1, 0.15) is 5.82 Å². The van der Waals surface area contributed by atoms with Crippen LogP contribution in [0.25, 0.3) is 0 Å². The van der Waals surface area contributed by atoms with E-state index in [-0.39, 0.29) is 0 Å². The van der Waals surface area contributed by atoms with Crippen molar-refractivity contribution in [3.63, 3.8) is 0 Å². The van der Waals surface area contributed by atoms with E-state index in [1.54, 1.807) is 4.68 Å². The molecule has 1 heterocycles. The van der Waals surface area contributed by atoms with Crippen molar-refractivity contribution in [2.45, 2.75) is 19.8 Å². The van der Waals surface area contributed by atoms with E-state index in [2.05, 4.69) is 17.0 Å². The van der Waals surface area contributed by atoms with Crippen molar-refractivity contribution in [3.05, 3.63) is 18.3 Å². The van der Waals surface area contributed by atoms with Gasteiger partial charge < -0.3 is 11.1 Å². The number of nitrogen functional groups attached to an aromatic ring is 1. The van der Waals surface area contributed by atoms with Crippen molar-refractivity contribution in [2.24, 2.45) is 7.05 Å². The molecule has 0 radical (unpaired) electrons. The minimum absolute atomic E-state index is 0.763. The fourth-order valence-corrected chi connectivity index (χ4v) is 1.36. The number of aryl methyl sites for hydroxylation is 2. The number of rotatable bonds is 5. The molecule has 0 aromatic carbocycles. The average molecular weight is 194 g/mol. The van der Waals surface area contributed by atoms with Gasteiger partial charge in [0.15, 0.2) is 0 Å². The predicted octanol–water partition coefficient (Wildman–Crippen LogP) is 1.55. The number of nitrogens with zero attached hydrogens (tertiary/aromatic N) is 2. The molecule has 0 fully saturated rings. The van der Waals surface area contributed by atoms with Crippen molar-refractivity contribution < 1.29 is 0 Å². The molecular formula is C10H18N4. The van der Waals surface area contributed by atoms with E-state index < -0.39 is 0 Å². The summed E-state index contributed by atoms with van der Waals surface area (Å²) in [5.41, 5.74) is 7.64. The van der Waals surface area contributed by atoms with Gasteiger partial charge in [0, 0.05) is 13.6 Å². The van der Waals surface area contributed by atoms with E-state index in [4.69, 9.17) is 5.73 Å². The zero-order valence-electron chi connectivity index (χ0n) is 8.88. The fourth-order valence-electron chi connectivity index (χ4n) is 1.36. The Morgan fingerprint density at radius 3 is 2.86 bits per heavy atom. The summed E-state index contributed by atoms with van der Waals surface area (Å²) in [6, 6.07) is 0. The summed E-state index contributed by atoms with van der Waals surface area (Å²) in [6.07, 6.45) is 3.66. The van der Waals surface area contributed by atoms with Gasteiger partial charge in [0.05, 0.1) is 11.4 Å². The Hall–Kier alpha value is -1.45. The van der Waals surface area contributed by atoms with Gasteiger partial charge in [-0.25, -0.2) is 0 Å². The molecule has 0 aliphatic carbocycles. The molecule has 78 valence electrons. The zero-order chi connectivity index (χ0) is 10.6. The molecule has 1 rings (SSSR count). The molecule has 0 unspecified atom stereocenters. The van der Waals surface area contributed by atoms with Gasteiger partial charge in [0.2, 0.25) is 0 Å². The molecule has 4 heteroatoms. The van der Waals surface area contributed by atoms with E-state index >= 15 is 0 Å². The Bertz CT molecular complexity index is 314. The fraction of sp³-hybridized carbons (Fsp3) is 0.500. The average Bonchev–Trinajstić information content (AvgIpc) is 2.45. The van der Waals surface area contributed by atoms with Crippen LogP contribution in [0.5, 0.6) is 0 Å². The van der Waals surface area contributed by atoms with E-state index in [9.17, 15) is 0 Å². The van der Waals surface area contributed by atoms with Crippen LogP contribution >= 0.6 is 0 Å². The minimum atomic E-state index is 0.763. The summed E-state index contributed by atoms with van der Waals surface area (Å²) in [4.78, 5) is 0. The Labute approximate surface area is 84.8 Å². The Balaban J connectivity index is 2.74. The van der Waals surface area contributed by atoms with Crippen LogP contribution in [-0.4, -0.2) is 16.3 Å². The van der Waals surface area contributed by atoms with Gasteiger partial charge in [-0.1, -0.05) is 13.0 Å². The third-order valence-electron chi connectivity index (χ3n) is 2.14. The summed E-state index contributed by atoms with van der Waals surface area (Å²) in [6.45, 7) is 6.56. The van der Waals surface area contributed by atoms with Gasteiger partial charge in [-0.3, -0.25) is 4.68 Å². The molecule has 0 bridgehead atoms. The van der Waals surface area contributed by atoms with Crippen LogP contribution in [0, 0.1) is 0 Å². The first-order valence-electron chi connectivity index (χ1n) is 4.86. The van der Waals surface area contributed by atoms with Gasteiger partial charge in [-0.05, 0) is 12.8 Å².